The molecule has 0 saturated carbocycles. The Bertz CT molecular complexity index is 823. The van der Waals surface area contributed by atoms with E-state index in [4.69, 9.17) is 46.4 Å². The second-order valence-corrected chi connectivity index (χ2v) is 8.11. The minimum atomic E-state index is -0.0636. The Hall–Kier alpha value is -1.01. The zero-order chi connectivity index (χ0) is 19.4. The summed E-state index contributed by atoms with van der Waals surface area (Å²) in [7, 11) is 0. The summed E-state index contributed by atoms with van der Waals surface area (Å²) in [4.78, 5) is 16.7. The summed E-state index contributed by atoms with van der Waals surface area (Å²) in [6, 6.07) is 10.8. The highest BCUT2D eigenvalue weighted by Crippen LogP contribution is 2.25. The number of anilines is 1. The third-order valence-corrected chi connectivity index (χ3v) is 5.90. The van der Waals surface area contributed by atoms with Crippen LogP contribution in [0, 0.1) is 0 Å². The van der Waals surface area contributed by atoms with Crippen LogP contribution in [-0.4, -0.2) is 48.4 Å². The number of carbonyl (C=O) groups is 1. The van der Waals surface area contributed by atoms with Gasteiger partial charge in [-0.05, 0) is 35.9 Å². The number of hydrogen-bond donors (Lipinski definition) is 1. The SMILES string of the molecule is O=C(CN1CCN(Cc2ccc(Cl)c(Cl)c2)CC1)Nc1ccc(Cl)c(Cl)c1. The Morgan fingerprint density at radius 3 is 2.04 bits per heavy atom. The number of halogens is 4. The number of carbonyl (C=O) groups excluding carboxylic acids is 1. The number of piperazine rings is 1. The molecule has 0 spiro atoms. The van der Waals surface area contributed by atoms with Crippen LogP contribution in [0.5, 0.6) is 0 Å². The first kappa shape index (κ1) is 20.7. The van der Waals surface area contributed by atoms with Gasteiger partial charge in [0.05, 0.1) is 26.6 Å². The second-order valence-electron chi connectivity index (χ2n) is 6.48. The smallest absolute Gasteiger partial charge is 0.238 e. The van der Waals surface area contributed by atoms with Crippen molar-refractivity contribution in [3.63, 3.8) is 0 Å². The minimum Gasteiger partial charge on any atom is -0.325 e. The molecule has 0 radical (unpaired) electrons. The Morgan fingerprint density at radius 2 is 1.41 bits per heavy atom. The summed E-state index contributed by atoms with van der Waals surface area (Å²) < 4.78 is 0. The van der Waals surface area contributed by atoms with Crippen LogP contribution in [-0.2, 0) is 11.3 Å². The highest BCUT2D eigenvalue weighted by Gasteiger charge is 2.19. The first-order chi connectivity index (χ1) is 12.9. The van der Waals surface area contributed by atoms with Gasteiger partial charge in [-0.2, -0.15) is 0 Å². The van der Waals surface area contributed by atoms with E-state index in [-0.39, 0.29) is 5.91 Å². The van der Waals surface area contributed by atoms with Crippen LogP contribution in [0.15, 0.2) is 36.4 Å². The van der Waals surface area contributed by atoms with E-state index in [9.17, 15) is 4.79 Å². The van der Waals surface area contributed by atoms with Crippen LogP contribution in [0.25, 0.3) is 0 Å². The molecule has 1 saturated heterocycles. The van der Waals surface area contributed by atoms with Gasteiger partial charge in [-0.3, -0.25) is 14.6 Å². The first-order valence-electron chi connectivity index (χ1n) is 8.54. The first-order valence-corrected chi connectivity index (χ1v) is 10.1. The van der Waals surface area contributed by atoms with Gasteiger partial charge in [-0.1, -0.05) is 52.5 Å². The molecule has 2 aromatic carbocycles. The molecule has 1 heterocycles. The summed E-state index contributed by atoms with van der Waals surface area (Å²) in [5, 5.41) is 4.89. The molecule has 0 bridgehead atoms. The van der Waals surface area contributed by atoms with E-state index in [0.29, 0.717) is 32.3 Å². The lowest BCUT2D eigenvalue weighted by Crippen LogP contribution is -2.48. The van der Waals surface area contributed by atoms with Crippen LogP contribution in [0.4, 0.5) is 5.69 Å². The van der Waals surface area contributed by atoms with E-state index in [2.05, 4.69) is 15.1 Å². The van der Waals surface area contributed by atoms with Gasteiger partial charge in [-0.15, -0.1) is 0 Å². The maximum atomic E-state index is 12.2. The van der Waals surface area contributed by atoms with Crippen LogP contribution in [0.1, 0.15) is 5.56 Å². The molecule has 0 aromatic heterocycles. The maximum Gasteiger partial charge on any atom is 0.238 e. The summed E-state index contributed by atoms with van der Waals surface area (Å²) in [6.07, 6.45) is 0. The van der Waals surface area contributed by atoms with Crippen LogP contribution >= 0.6 is 46.4 Å². The Morgan fingerprint density at radius 1 is 0.815 bits per heavy atom. The number of nitrogens with one attached hydrogen (secondary N) is 1. The number of rotatable bonds is 5. The van der Waals surface area contributed by atoms with Crippen molar-refractivity contribution in [1.29, 1.82) is 0 Å². The van der Waals surface area contributed by atoms with Gasteiger partial charge in [0.2, 0.25) is 5.91 Å². The monoisotopic (exact) mass is 445 g/mol. The normalized spacial score (nSPS) is 15.7. The number of amides is 1. The minimum absolute atomic E-state index is 0.0636. The molecule has 0 unspecified atom stereocenters. The lowest BCUT2D eigenvalue weighted by Gasteiger charge is -2.34. The molecule has 144 valence electrons. The molecule has 0 atom stereocenters. The van der Waals surface area contributed by atoms with Crippen molar-refractivity contribution < 1.29 is 4.79 Å². The predicted octanol–water partition coefficient (Wildman–Crippen LogP) is 5.06. The van der Waals surface area contributed by atoms with Crippen molar-refractivity contribution in [3.05, 3.63) is 62.1 Å². The average Bonchev–Trinajstić information content (AvgIpc) is 2.63. The van der Waals surface area contributed by atoms with E-state index in [1.54, 1.807) is 18.2 Å². The summed E-state index contributed by atoms with van der Waals surface area (Å²) in [5.41, 5.74) is 1.78. The zero-order valence-corrected chi connectivity index (χ0v) is 17.5. The van der Waals surface area contributed by atoms with Crippen molar-refractivity contribution in [3.8, 4) is 0 Å². The molecule has 27 heavy (non-hydrogen) atoms. The third-order valence-electron chi connectivity index (χ3n) is 4.43. The van der Waals surface area contributed by atoms with Gasteiger partial charge < -0.3 is 5.32 Å². The van der Waals surface area contributed by atoms with Crippen molar-refractivity contribution in [2.24, 2.45) is 0 Å². The lowest BCUT2D eigenvalue weighted by molar-refractivity contribution is -0.117. The predicted molar refractivity (Wildman–Crippen MR) is 113 cm³/mol. The fourth-order valence-corrected chi connectivity index (χ4v) is 3.60. The Labute approximate surface area is 178 Å². The number of benzene rings is 2. The van der Waals surface area contributed by atoms with Crippen molar-refractivity contribution in [1.82, 2.24) is 9.80 Å². The van der Waals surface area contributed by atoms with Gasteiger partial charge >= 0.3 is 0 Å². The fraction of sp³-hybridized carbons (Fsp3) is 0.316. The molecule has 1 aliphatic rings. The van der Waals surface area contributed by atoms with E-state index in [0.717, 1.165) is 38.3 Å². The highest BCUT2D eigenvalue weighted by molar-refractivity contribution is 6.42. The van der Waals surface area contributed by atoms with Gasteiger partial charge in [0.25, 0.3) is 0 Å². The Balaban J connectivity index is 1.45. The van der Waals surface area contributed by atoms with E-state index < -0.39 is 0 Å². The largest absolute Gasteiger partial charge is 0.325 e. The van der Waals surface area contributed by atoms with E-state index >= 15 is 0 Å². The fourth-order valence-electron chi connectivity index (χ4n) is 2.98. The van der Waals surface area contributed by atoms with Gasteiger partial charge in [0.1, 0.15) is 0 Å². The molecule has 1 aliphatic heterocycles. The molecule has 3 rings (SSSR count). The molecule has 1 amide bonds. The topological polar surface area (TPSA) is 35.6 Å². The molecule has 0 aliphatic carbocycles. The maximum absolute atomic E-state index is 12.2. The van der Waals surface area contributed by atoms with Gasteiger partial charge in [-0.25, -0.2) is 0 Å². The summed E-state index contributed by atoms with van der Waals surface area (Å²) >= 11 is 23.9. The molecule has 1 fully saturated rings. The lowest BCUT2D eigenvalue weighted by atomic mass is 10.2. The van der Waals surface area contributed by atoms with Crippen molar-refractivity contribution in [2.75, 3.05) is 38.0 Å². The summed E-state index contributed by atoms with van der Waals surface area (Å²) in [5.74, 6) is -0.0636. The molecule has 8 heteroatoms. The van der Waals surface area contributed by atoms with Crippen LogP contribution < -0.4 is 5.32 Å². The Kier molecular flexibility index (Phi) is 7.26. The quantitative estimate of drug-likeness (QED) is 0.697. The summed E-state index contributed by atoms with van der Waals surface area (Å²) in [6.45, 7) is 4.61. The second kappa shape index (κ2) is 9.46. The standard InChI is InChI=1S/C19H19Cl4N3O/c20-15-3-1-13(9-17(15)22)11-25-5-7-26(8-6-25)12-19(27)24-14-2-4-16(21)18(23)10-14/h1-4,9-10H,5-8,11-12H2,(H,24,27). The van der Waals surface area contributed by atoms with Crippen LogP contribution in [0.2, 0.25) is 20.1 Å². The number of hydrogen-bond acceptors (Lipinski definition) is 3. The molecular weight excluding hydrogens is 428 g/mol. The third kappa shape index (κ3) is 5.98. The molecule has 2 aromatic rings. The zero-order valence-electron chi connectivity index (χ0n) is 14.5. The van der Waals surface area contributed by atoms with Crippen molar-refractivity contribution >= 4 is 58.0 Å². The number of nitrogens with zero attached hydrogens (tertiary/aromatic N) is 2. The van der Waals surface area contributed by atoms with Gasteiger partial charge in [0.15, 0.2) is 0 Å². The van der Waals surface area contributed by atoms with Crippen LogP contribution in [0.3, 0.4) is 0 Å². The van der Waals surface area contributed by atoms with E-state index in [1.165, 1.54) is 0 Å². The average molecular weight is 447 g/mol. The molecule has 1 N–H and O–H groups in total. The van der Waals surface area contributed by atoms with Gasteiger partial charge in [0, 0.05) is 38.4 Å². The molecular formula is C19H19Cl4N3O. The molecule has 4 nitrogen and oxygen atoms in total. The highest BCUT2D eigenvalue weighted by atomic mass is 35.5. The van der Waals surface area contributed by atoms with E-state index in [1.807, 2.05) is 18.2 Å². The van der Waals surface area contributed by atoms with Crippen molar-refractivity contribution in [2.45, 2.75) is 6.54 Å².